The van der Waals surface area contributed by atoms with Crippen molar-refractivity contribution >= 4 is 29.0 Å². The Bertz CT molecular complexity index is 282. The van der Waals surface area contributed by atoms with Gasteiger partial charge in [0.25, 0.3) is 0 Å². The molecule has 1 heterocycles. The van der Waals surface area contributed by atoms with E-state index in [1.165, 1.54) is 17.8 Å². The maximum atomic E-state index is 10.6. The highest BCUT2D eigenvalue weighted by Crippen LogP contribution is 2.18. The van der Waals surface area contributed by atoms with Gasteiger partial charge in [0.15, 0.2) is 5.15 Å². The number of imidazole rings is 1. The molecule has 1 aromatic rings. The number of rotatable bonds is 2. The molecule has 3 nitrogen and oxygen atoms in total. The van der Waals surface area contributed by atoms with Crippen LogP contribution in [0, 0.1) is 0 Å². The molecule has 0 aliphatic rings. The van der Waals surface area contributed by atoms with Crippen LogP contribution in [0.1, 0.15) is 6.92 Å². The first-order valence-corrected chi connectivity index (χ1v) is 3.72. The maximum Gasteiger partial charge on any atom is 0.166 e. The number of Topliss-reactive ketones (excluding diaryl/α,β-unsaturated/α-hetero) is 1. The zero-order valence-electron chi connectivity index (χ0n) is 5.84. The smallest absolute Gasteiger partial charge is 0.166 e. The van der Waals surface area contributed by atoms with E-state index in [4.69, 9.17) is 23.2 Å². The van der Waals surface area contributed by atoms with Gasteiger partial charge in [-0.3, -0.25) is 4.79 Å². The first kappa shape index (κ1) is 8.56. The zero-order valence-corrected chi connectivity index (χ0v) is 7.35. The second kappa shape index (κ2) is 3.24. The predicted molar refractivity (Wildman–Crippen MR) is 42.9 cm³/mol. The second-order valence-electron chi connectivity index (χ2n) is 2.16. The second-order valence-corrected chi connectivity index (χ2v) is 2.87. The lowest BCUT2D eigenvalue weighted by atomic mass is 10.4. The van der Waals surface area contributed by atoms with E-state index in [0.717, 1.165) is 0 Å². The first-order valence-electron chi connectivity index (χ1n) is 2.97. The summed E-state index contributed by atoms with van der Waals surface area (Å²) in [5.41, 5.74) is 0. The standard InChI is InChI=1S/C6H6Cl2N2O/c1-4(11)2-10-3-9-5(7)6(10)8/h3H,2H2,1H3. The highest BCUT2D eigenvalue weighted by Gasteiger charge is 2.06. The van der Waals surface area contributed by atoms with Crippen molar-refractivity contribution in [3.63, 3.8) is 0 Å². The summed E-state index contributed by atoms with van der Waals surface area (Å²) in [7, 11) is 0. The van der Waals surface area contributed by atoms with Gasteiger partial charge in [0, 0.05) is 0 Å². The minimum Gasteiger partial charge on any atom is -0.313 e. The lowest BCUT2D eigenvalue weighted by Crippen LogP contribution is -2.04. The van der Waals surface area contributed by atoms with E-state index in [2.05, 4.69) is 4.98 Å². The molecule has 0 radical (unpaired) electrons. The number of ketones is 1. The Morgan fingerprint density at radius 2 is 2.36 bits per heavy atom. The van der Waals surface area contributed by atoms with Gasteiger partial charge in [0.05, 0.1) is 12.9 Å². The molecule has 5 heteroatoms. The van der Waals surface area contributed by atoms with E-state index in [1.807, 2.05) is 0 Å². The summed E-state index contributed by atoms with van der Waals surface area (Å²) in [6.07, 6.45) is 1.44. The molecule has 0 atom stereocenters. The number of nitrogens with zero attached hydrogens (tertiary/aromatic N) is 2. The molecule has 0 bridgehead atoms. The Morgan fingerprint density at radius 3 is 2.73 bits per heavy atom. The molecular formula is C6H6Cl2N2O. The van der Waals surface area contributed by atoms with Gasteiger partial charge >= 0.3 is 0 Å². The van der Waals surface area contributed by atoms with Crippen molar-refractivity contribution in [1.29, 1.82) is 0 Å². The van der Waals surface area contributed by atoms with Crippen LogP contribution in [-0.4, -0.2) is 15.3 Å². The van der Waals surface area contributed by atoms with Gasteiger partial charge in [0.1, 0.15) is 10.9 Å². The molecule has 0 unspecified atom stereocenters. The van der Waals surface area contributed by atoms with Crippen molar-refractivity contribution in [3.05, 3.63) is 16.6 Å². The van der Waals surface area contributed by atoms with E-state index < -0.39 is 0 Å². The summed E-state index contributed by atoms with van der Waals surface area (Å²) < 4.78 is 1.49. The zero-order chi connectivity index (χ0) is 8.43. The van der Waals surface area contributed by atoms with Gasteiger partial charge in [-0.2, -0.15) is 0 Å². The van der Waals surface area contributed by atoms with Gasteiger partial charge in [-0.05, 0) is 6.92 Å². The van der Waals surface area contributed by atoms with Crippen molar-refractivity contribution in [3.8, 4) is 0 Å². The Morgan fingerprint density at radius 1 is 1.73 bits per heavy atom. The number of aromatic nitrogens is 2. The van der Waals surface area contributed by atoms with Gasteiger partial charge in [-0.25, -0.2) is 4.98 Å². The molecule has 1 rings (SSSR count). The van der Waals surface area contributed by atoms with Crippen LogP contribution in [0.15, 0.2) is 6.33 Å². The van der Waals surface area contributed by atoms with Crippen molar-refractivity contribution < 1.29 is 4.79 Å². The lowest BCUT2D eigenvalue weighted by Gasteiger charge is -1.97. The van der Waals surface area contributed by atoms with Gasteiger partial charge < -0.3 is 4.57 Å². The van der Waals surface area contributed by atoms with Crippen molar-refractivity contribution in [1.82, 2.24) is 9.55 Å². The quantitative estimate of drug-likeness (QED) is 0.717. The molecule has 0 saturated heterocycles. The molecule has 60 valence electrons. The monoisotopic (exact) mass is 192 g/mol. The Kier molecular flexibility index (Phi) is 2.52. The molecule has 0 aliphatic heterocycles. The third-order valence-corrected chi connectivity index (χ3v) is 1.90. The van der Waals surface area contributed by atoms with Crippen LogP contribution in [0.5, 0.6) is 0 Å². The van der Waals surface area contributed by atoms with Crippen LogP contribution in [0.2, 0.25) is 10.3 Å². The van der Waals surface area contributed by atoms with Gasteiger partial charge in [-0.1, -0.05) is 23.2 Å². The average molecular weight is 193 g/mol. The molecule has 0 saturated carbocycles. The van der Waals surface area contributed by atoms with Crippen molar-refractivity contribution in [2.24, 2.45) is 0 Å². The summed E-state index contributed by atoms with van der Waals surface area (Å²) in [5, 5.41) is 0.537. The lowest BCUT2D eigenvalue weighted by molar-refractivity contribution is -0.117. The number of hydrogen-bond donors (Lipinski definition) is 0. The molecule has 0 fully saturated rings. The third kappa shape index (κ3) is 1.94. The summed E-state index contributed by atoms with van der Waals surface area (Å²) in [6, 6.07) is 0. The van der Waals surface area contributed by atoms with Crippen LogP contribution in [-0.2, 0) is 11.3 Å². The number of carbonyl (C=O) groups is 1. The van der Waals surface area contributed by atoms with E-state index in [0.29, 0.717) is 5.15 Å². The van der Waals surface area contributed by atoms with Crippen LogP contribution in [0.3, 0.4) is 0 Å². The molecule has 0 aliphatic carbocycles. The highest BCUT2D eigenvalue weighted by molar-refractivity contribution is 6.40. The minimum atomic E-state index is 0.0148. The molecule has 0 amide bonds. The third-order valence-electron chi connectivity index (χ3n) is 1.13. The summed E-state index contributed by atoms with van der Waals surface area (Å²) in [5.74, 6) is 0.0148. The molecule has 11 heavy (non-hydrogen) atoms. The van der Waals surface area contributed by atoms with Crippen LogP contribution < -0.4 is 0 Å². The Labute approximate surface area is 73.9 Å². The molecule has 0 spiro atoms. The molecule has 1 aromatic heterocycles. The van der Waals surface area contributed by atoms with E-state index >= 15 is 0 Å². The first-order chi connectivity index (χ1) is 5.11. The average Bonchev–Trinajstić information content (AvgIpc) is 2.18. The fourth-order valence-electron chi connectivity index (χ4n) is 0.693. The topological polar surface area (TPSA) is 34.9 Å². The van der Waals surface area contributed by atoms with Crippen molar-refractivity contribution in [2.75, 3.05) is 0 Å². The molecule has 0 aromatic carbocycles. The molecular weight excluding hydrogens is 187 g/mol. The van der Waals surface area contributed by atoms with E-state index in [1.54, 1.807) is 0 Å². The number of carbonyl (C=O) groups excluding carboxylic acids is 1. The van der Waals surface area contributed by atoms with Crippen LogP contribution in [0.25, 0.3) is 0 Å². The van der Waals surface area contributed by atoms with Crippen LogP contribution in [0.4, 0.5) is 0 Å². The SMILES string of the molecule is CC(=O)Cn1cnc(Cl)c1Cl. The molecule has 0 N–H and O–H groups in total. The normalized spacial score (nSPS) is 10.1. The fourth-order valence-corrected chi connectivity index (χ4v) is 0.997. The highest BCUT2D eigenvalue weighted by atomic mass is 35.5. The van der Waals surface area contributed by atoms with Gasteiger partial charge in [-0.15, -0.1) is 0 Å². The summed E-state index contributed by atoms with van der Waals surface area (Å²) >= 11 is 11.2. The Balaban J connectivity index is 2.87. The van der Waals surface area contributed by atoms with Crippen LogP contribution >= 0.6 is 23.2 Å². The summed E-state index contributed by atoms with van der Waals surface area (Å²) in [6.45, 7) is 1.70. The summed E-state index contributed by atoms with van der Waals surface area (Å²) in [4.78, 5) is 14.3. The van der Waals surface area contributed by atoms with E-state index in [9.17, 15) is 4.79 Å². The largest absolute Gasteiger partial charge is 0.313 e. The number of halogens is 2. The number of hydrogen-bond acceptors (Lipinski definition) is 2. The van der Waals surface area contributed by atoms with E-state index in [-0.39, 0.29) is 17.5 Å². The maximum absolute atomic E-state index is 10.6. The van der Waals surface area contributed by atoms with Crippen molar-refractivity contribution in [2.45, 2.75) is 13.5 Å². The fraction of sp³-hybridized carbons (Fsp3) is 0.333. The minimum absolute atomic E-state index is 0.0148. The van der Waals surface area contributed by atoms with Gasteiger partial charge in [0.2, 0.25) is 0 Å². The predicted octanol–water partition coefficient (Wildman–Crippen LogP) is 1.78. The Hall–Kier alpha value is -0.540.